The van der Waals surface area contributed by atoms with Gasteiger partial charge in [-0.05, 0) is 83.5 Å². The van der Waals surface area contributed by atoms with Crippen LogP contribution in [0.15, 0.2) is 0 Å². The van der Waals surface area contributed by atoms with E-state index in [4.69, 9.17) is 0 Å². The molecule has 0 bridgehead atoms. The number of carbonyl (C=O) groups is 1. The van der Waals surface area contributed by atoms with Gasteiger partial charge in [0.2, 0.25) is 0 Å². The smallest absolute Gasteiger partial charge is 0.309 e. The average Bonchev–Trinajstić information content (AvgIpc) is 2.74. The molecule has 188 valence electrons. The number of hydrogen-bond acceptors (Lipinski definition) is 4. The maximum atomic E-state index is 11.3. The van der Waals surface area contributed by atoms with Crippen LogP contribution in [0.4, 0.5) is 0 Å². The van der Waals surface area contributed by atoms with Gasteiger partial charge in [-0.15, -0.1) is 0 Å². The van der Waals surface area contributed by atoms with E-state index in [1.54, 1.807) is 0 Å². The molecule has 0 spiro atoms. The fraction of sp³-hybridized carbons (Fsp3) is 0.963. The minimum atomic E-state index is -0.663. The Morgan fingerprint density at radius 2 is 1.16 bits per heavy atom. The van der Waals surface area contributed by atoms with Crippen LogP contribution in [0.2, 0.25) is 0 Å². The molecule has 5 heteroatoms. The Kier molecular flexibility index (Phi) is 12.3. The molecule has 0 aromatic heterocycles. The predicted octanol–water partition coefficient (Wildman–Crippen LogP) is 7.94. The third-order valence-corrected chi connectivity index (χ3v) is 11.1. The van der Waals surface area contributed by atoms with Crippen molar-refractivity contribution in [2.45, 2.75) is 145 Å². The molecule has 2 aliphatic heterocycles. The lowest BCUT2D eigenvalue weighted by Gasteiger charge is -2.32. The summed E-state index contributed by atoms with van der Waals surface area (Å²) in [4.78, 5) is 11.3. The Hall–Kier alpha value is 0.130. The number of carboxylic acid groups (broad SMARTS) is 1. The standard InChI is InChI=1S/C27H50O3S2/c1-26(2,20-28)18-8-16-23-14-6-12-21(31-23)10-5-11-22-13-7-15-24(32-22)17-9-19-27(3,4)25(29)30/h21-24,28H,5-20H2,1-4H3,(H,29,30). The van der Waals surface area contributed by atoms with E-state index in [9.17, 15) is 15.0 Å². The molecule has 2 aliphatic rings. The third kappa shape index (κ3) is 10.6. The predicted molar refractivity (Wildman–Crippen MR) is 142 cm³/mol. The molecule has 3 nitrogen and oxygen atoms in total. The summed E-state index contributed by atoms with van der Waals surface area (Å²) in [5.41, 5.74) is -0.496. The van der Waals surface area contributed by atoms with E-state index >= 15 is 0 Å². The number of aliphatic hydroxyl groups is 1. The lowest BCUT2D eigenvalue weighted by molar-refractivity contribution is -0.147. The first kappa shape index (κ1) is 28.4. The quantitative estimate of drug-likeness (QED) is 0.261. The number of thioether (sulfide) groups is 2. The number of aliphatic carboxylic acids is 1. The Balaban J connectivity index is 1.60. The van der Waals surface area contributed by atoms with Gasteiger partial charge >= 0.3 is 5.97 Å². The maximum Gasteiger partial charge on any atom is 0.309 e. The third-order valence-electron chi connectivity index (χ3n) is 7.64. The van der Waals surface area contributed by atoms with E-state index < -0.39 is 11.4 Å². The lowest BCUT2D eigenvalue weighted by Crippen LogP contribution is -2.24. The molecule has 32 heavy (non-hydrogen) atoms. The van der Waals surface area contributed by atoms with E-state index in [0.29, 0.717) is 6.61 Å². The SMILES string of the molecule is CC(C)(CO)CCCC1CCCC(CCCC2CCCC(CCCC(C)(C)C(=O)O)S2)S1. The Labute approximate surface area is 206 Å². The molecule has 2 rings (SSSR count). The molecule has 2 heterocycles. The zero-order chi connectivity index (χ0) is 23.6. The fourth-order valence-electron chi connectivity index (χ4n) is 5.15. The van der Waals surface area contributed by atoms with Crippen LogP contribution in [-0.2, 0) is 4.79 Å². The van der Waals surface area contributed by atoms with Crippen LogP contribution in [0, 0.1) is 10.8 Å². The molecular formula is C27H50O3S2. The zero-order valence-corrected chi connectivity index (χ0v) is 22.9. The van der Waals surface area contributed by atoms with Gasteiger partial charge in [-0.2, -0.15) is 23.5 Å². The summed E-state index contributed by atoms with van der Waals surface area (Å²) < 4.78 is 0. The van der Waals surface area contributed by atoms with Gasteiger partial charge in [0.1, 0.15) is 0 Å². The first-order chi connectivity index (χ1) is 15.1. The van der Waals surface area contributed by atoms with Gasteiger partial charge in [-0.3, -0.25) is 4.79 Å². The summed E-state index contributed by atoms with van der Waals surface area (Å²) in [5, 5.41) is 22.0. The van der Waals surface area contributed by atoms with Crippen LogP contribution < -0.4 is 0 Å². The van der Waals surface area contributed by atoms with Crippen molar-refractivity contribution in [3.63, 3.8) is 0 Å². The van der Waals surface area contributed by atoms with E-state index in [-0.39, 0.29) is 5.41 Å². The number of rotatable bonds is 14. The highest BCUT2D eigenvalue weighted by molar-refractivity contribution is 8.00. The Bertz CT molecular complexity index is 549. The van der Waals surface area contributed by atoms with E-state index in [1.165, 1.54) is 77.0 Å². The lowest BCUT2D eigenvalue weighted by atomic mass is 9.87. The highest BCUT2D eigenvalue weighted by Crippen LogP contribution is 2.40. The first-order valence-corrected chi connectivity index (χ1v) is 15.1. The molecule has 4 atom stereocenters. The van der Waals surface area contributed by atoms with E-state index in [0.717, 1.165) is 40.3 Å². The normalized spacial score (nSPS) is 27.4. The monoisotopic (exact) mass is 486 g/mol. The first-order valence-electron chi connectivity index (χ1n) is 13.3. The fourth-order valence-corrected chi connectivity index (χ4v) is 8.66. The van der Waals surface area contributed by atoms with Crippen molar-refractivity contribution in [1.82, 2.24) is 0 Å². The van der Waals surface area contributed by atoms with Crippen LogP contribution in [0.25, 0.3) is 0 Å². The van der Waals surface area contributed by atoms with Crippen molar-refractivity contribution in [3.05, 3.63) is 0 Å². The zero-order valence-electron chi connectivity index (χ0n) is 21.2. The van der Waals surface area contributed by atoms with Crippen molar-refractivity contribution >= 4 is 29.5 Å². The van der Waals surface area contributed by atoms with Crippen molar-refractivity contribution in [1.29, 1.82) is 0 Å². The molecule has 0 amide bonds. The van der Waals surface area contributed by atoms with Gasteiger partial charge in [-0.25, -0.2) is 0 Å². The summed E-state index contributed by atoms with van der Waals surface area (Å²) in [5.74, 6) is -0.663. The second-order valence-corrected chi connectivity index (χ2v) is 15.1. The van der Waals surface area contributed by atoms with Crippen LogP contribution in [-0.4, -0.2) is 43.8 Å². The summed E-state index contributed by atoms with van der Waals surface area (Å²) >= 11 is 4.49. The Morgan fingerprint density at radius 3 is 1.56 bits per heavy atom. The van der Waals surface area contributed by atoms with Gasteiger partial charge in [0.25, 0.3) is 0 Å². The minimum Gasteiger partial charge on any atom is -0.481 e. The van der Waals surface area contributed by atoms with Crippen LogP contribution in [0.1, 0.15) is 124 Å². The van der Waals surface area contributed by atoms with Crippen molar-refractivity contribution < 1.29 is 15.0 Å². The van der Waals surface area contributed by atoms with Gasteiger partial charge in [-0.1, -0.05) is 46.0 Å². The Morgan fingerprint density at radius 1 is 0.750 bits per heavy atom. The molecule has 2 fully saturated rings. The number of carboxylic acids is 1. The molecule has 0 aliphatic carbocycles. The molecule has 0 saturated carbocycles. The molecule has 2 saturated heterocycles. The largest absolute Gasteiger partial charge is 0.481 e. The van der Waals surface area contributed by atoms with E-state index in [2.05, 4.69) is 37.4 Å². The summed E-state index contributed by atoms with van der Waals surface area (Å²) in [6, 6.07) is 0. The molecule has 0 aromatic carbocycles. The molecule has 2 N–H and O–H groups in total. The maximum absolute atomic E-state index is 11.3. The van der Waals surface area contributed by atoms with Gasteiger partial charge in [0, 0.05) is 27.6 Å². The van der Waals surface area contributed by atoms with Gasteiger partial charge in [0.15, 0.2) is 0 Å². The topological polar surface area (TPSA) is 57.5 Å². The van der Waals surface area contributed by atoms with Crippen LogP contribution in [0.3, 0.4) is 0 Å². The molecule has 0 radical (unpaired) electrons. The van der Waals surface area contributed by atoms with Gasteiger partial charge in [0.05, 0.1) is 5.41 Å². The van der Waals surface area contributed by atoms with Crippen LogP contribution >= 0.6 is 23.5 Å². The molecule has 0 aromatic rings. The van der Waals surface area contributed by atoms with E-state index in [1.807, 2.05) is 13.8 Å². The summed E-state index contributed by atoms with van der Waals surface area (Å²) in [6.07, 6.45) is 19.1. The molecule has 4 unspecified atom stereocenters. The number of hydrogen-bond donors (Lipinski definition) is 2. The van der Waals surface area contributed by atoms with Crippen molar-refractivity contribution in [2.24, 2.45) is 10.8 Å². The summed E-state index contributed by atoms with van der Waals surface area (Å²) in [6.45, 7) is 8.36. The number of aliphatic hydroxyl groups excluding tert-OH is 1. The highest BCUT2D eigenvalue weighted by Gasteiger charge is 2.28. The second kappa shape index (κ2) is 13.9. The molecular weight excluding hydrogens is 436 g/mol. The summed E-state index contributed by atoms with van der Waals surface area (Å²) in [7, 11) is 0. The highest BCUT2D eigenvalue weighted by atomic mass is 32.2. The minimum absolute atomic E-state index is 0.0840. The average molecular weight is 487 g/mol. The van der Waals surface area contributed by atoms with Crippen molar-refractivity contribution in [3.8, 4) is 0 Å². The van der Waals surface area contributed by atoms with Crippen molar-refractivity contribution in [2.75, 3.05) is 6.61 Å². The van der Waals surface area contributed by atoms with Gasteiger partial charge < -0.3 is 10.2 Å². The second-order valence-electron chi connectivity index (χ2n) is 11.8. The van der Waals surface area contributed by atoms with Crippen LogP contribution in [0.5, 0.6) is 0 Å².